The molecule has 3 fully saturated rings. The quantitative estimate of drug-likeness (QED) is 0.716. The van der Waals surface area contributed by atoms with E-state index in [1.54, 1.807) is 0 Å². The van der Waals surface area contributed by atoms with E-state index in [1.807, 2.05) is 4.90 Å². The Labute approximate surface area is 126 Å². The van der Waals surface area contributed by atoms with E-state index in [1.165, 1.54) is 0 Å². The van der Waals surface area contributed by atoms with Gasteiger partial charge in [-0.1, -0.05) is 20.3 Å². The number of nitrogens with one attached hydrogen (secondary N) is 2. The lowest BCUT2D eigenvalue weighted by Crippen LogP contribution is -2.52. The number of urea groups is 1. The van der Waals surface area contributed by atoms with Gasteiger partial charge in [-0.25, -0.2) is 4.79 Å². The number of hydrogen-bond acceptors (Lipinski definition) is 3. The van der Waals surface area contributed by atoms with Crippen LogP contribution in [-0.4, -0.2) is 52.9 Å². The summed E-state index contributed by atoms with van der Waals surface area (Å²) in [7, 11) is 0. The van der Waals surface area contributed by atoms with Gasteiger partial charge in [0, 0.05) is 24.5 Å². The second-order valence-electron chi connectivity index (χ2n) is 6.54. The molecule has 2 saturated heterocycles. The zero-order chi connectivity index (χ0) is 13.6. The van der Waals surface area contributed by atoms with E-state index in [2.05, 4.69) is 24.5 Å². The molecule has 20 heavy (non-hydrogen) atoms. The lowest BCUT2D eigenvalue weighted by atomic mass is 9.77. The molecule has 0 radical (unpaired) electrons. The van der Waals surface area contributed by atoms with Gasteiger partial charge in [-0.2, -0.15) is 0 Å². The fourth-order valence-corrected chi connectivity index (χ4v) is 4.18. The molecule has 6 heteroatoms. The molecule has 0 aromatic heterocycles. The molecule has 0 aromatic carbocycles. The summed E-state index contributed by atoms with van der Waals surface area (Å²) in [6.07, 6.45) is 3.69. The SMILES string of the molecule is CC(C)N[C@H]1CCN2C(=O)NC3CCCC(C32)[C@@H]1O.Cl. The van der Waals surface area contributed by atoms with Crippen molar-refractivity contribution in [3.8, 4) is 0 Å². The van der Waals surface area contributed by atoms with Crippen molar-refractivity contribution in [3.05, 3.63) is 0 Å². The summed E-state index contributed by atoms with van der Waals surface area (Å²) in [6.45, 7) is 4.97. The van der Waals surface area contributed by atoms with Gasteiger partial charge in [0.25, 0.3) is 0 Å². The molecule has 3 unspecified atom stereocenters. The first kappa shape index (κ1) is 15.9. The Hall–Kier alpha value is -0.520. The van der Waals surface area contributed by atoms with Gasteiger partial charge in [0.05, 0.1) is 18.2 Å². The standard InChI is InChI=1S/C14H25N3O2.ClH/c1-8(2)15-11-6-7-17-12-9(13(11)18)4-3-5-10(12)16-14(17)19;/h8-13,15,18H,3-7H2,1-2H3,(H,16,19);1H/t9?,10?,11-,12?,13-;/m0./s1. The Morgan fingerprint density at radius 2 is 2.10 bits per heavy atom. The fourth-order valence-electron chi connectivity index (χ4n) is 4.18. The molecule has 3 aliphatic rings. The van der Waals surface area contributed by atoms with Crippen LogP contribution in [-0.2, 0) is 0 Å². The normalized spacial score (nSPS) is 39.9. The molecule has 1 aliphatic carbocycles. The Kier molecular flexibility index (Phi) is 4.82. The molecule has 0 bridgehead atoms. The summed E-state index contributed by atoms with van der Waals surface area (Å²) in [6, 6.07) is 0.996. The van der Waals surface area contributed by atoms with Gasteiger partial charge in [0.1, 0.15) is 0 Å². The van der Waals surface area contributed by atoms with Crippen LogP contribution in [0.4, 0.5) is 4.79 Å². The highest BCUT2D eigenvalue weighted by Gasteiger charge is 2.50. The summed E-state index contributed by atoms with van der Waals surface area (Å²) in [5.74, 6) is 0.219. The predicted molar refractivity (Wildman–Crippen MR) is 80.1 cm³/mol. The van der Waals surface area contributed by atoms with Crippen molar-refractivity contribution in [1.82, 2.24) is 15.5 Å². The Morgan fingerprint density at radius 1 is 1.35 bits per heavy atom. The minimum Gasteiger partial charge on any atom is -0.391 e. The van der Waals surface area contributed by atoms with Crippen LogP contribution in [0.3, 0.4) is 0 Å². The maximum absolute atomic E-state index is 12.1. The molecule has 3 rings (SSSR count). The van der Waals surface area contributed by atoms with Crippen molar-refractivity contribution in [2.45, 2.75) is 69.8 Å². The van der Waals surface area contributed by atoms with Gasteiger partial charge in [0.2, 0.25) is 0 Å². The van der Waals surface area contributed by atoms with E-state index in [-0.39, 0.29) is 48.6 Å². The van der Waals surface area contributed by atoms with Crippen LogP contribution in [0, 0.1) is 5.92 Å². The number of halogens is 1. The molecule has 0 spiro atoms. The first-order valence-corrected chi connectivity index (χ1v) is 7.59. The Bertz CT molecular complexity index is 366. The molecule has 116 valence electrons. The van der Waals surface area contributed by atoms with Gasteiger partial charge in [-0.05, 0) is 19.3 Å². The Morgan fingerprint density at radius 3 is 2.80 bits per heavy atom. The minimum absolute atomic E-state index is 0. The first-order valence-electron chi connectivity index (χ1n) is 7.59. The number of aliphatic hydroxyl groups is 1. The van der Waals surface area contributed by atoms with Crippen molar-refractivity contribution >= 4 is 18.4 Å². The Balaban J connectivity index is 0.00000147. The number of carbonyl (C=O) groups excluding carboxylic acids is 1. The summed E-state index contributed by atoms with van der Waals surface area (Å²) in [4.78, 5) is 14.0. The largest absolute Gasteiger partial charge is 0.391 e. The van der Waals surface area contributed by atoms with E-state index < -0.39 is 0 Å². The molecule has 2 amide bonds. The third kappa shape index (κ3) is 2.63. The maximum atomic E-state index is 12.1. The second kappa shape index (κ2) is 6.08. The summed E-state index contributed by atoms with van der Waals surface area (Å²) >= 11 is 0. The van der Waals surface area contributed by atoms with Crippen molar-refractivity contribution in [2.75, 3.05) is 6.54 Å². The van der Waals surface area contributed by atoms with E-state index >= 15 is 0 Å². The highest BCUT2D eigenvalue weighted by atomic mass is 35.5. The van der Waals surface area contributed by atoms with Crippen LogP contribution < -0.4 is 10.6 Å². The molecule has 5 atom stereocenters. The number of carbonyl (C=O) groups is 1. The maximum Gasteiger partial charge on any atom is 0.318 e. The highest BCUT2D eigenvalue weighted by molar-refractivity contribution is 5.85. The topological polar surface area (TPSA) is 64.6 Å². The van der Waals surface area contributed by atoms with Crippen molar-refractivity contribution < 1.29 is 9.90 Å². The van der Waals surface area contributed by atoms with E-state index in [0.29, 0.717) is 6.04 Å². The molecular weight excluding hydrogens is 278 g/mol. The molecule has 3 N–H and O–H groups in total. The molecule has 5 nitrogen and oxygen atoms in total. The average molecular weight is 304 g/mol. The third-order valence-electron chi connectivity index (χ3n) is 4.91. The minimum atomic E-state index is -0.340. The van der Waals surface area contributed by atoms with E-state index in [4.69, 9.17) is 0 Å². The molecule has 1 saturated carbocycles. The van der Waals surface area contributed by atoms with Gasteiger partial charge in [-0.15, -0.1) is 12.4 Å². The number of aliphatic hydroxyl groups excluding tert-OH is 1. The van der Waals surface area contributed by atoms with Crippen LogP contribution in [0.5, 0.6) is 0 Å². The predicted octanol–water partition coefficient (Wildman–Crippen LogP) is 1.10. The molecule has 2 heterocycles. The number of rotatable bonds is 2. The first-order chi connectivity index (χ1) is 9.08. The zero-order valence-corrected chi connectivity index (χ0v) is 13.0. The smallest absolute Gasteiger partial charge is 0.318 e. The lowest BCUT2D eigenvalue weighted by Gasteiger charge is -2.38. The average Bonchev–Trinajstić information content (AvgIpc) is 2.61. The highest BCUT2D eigenvalue weighted by Crippen LogP contribution is 2.38. The van der Waals surface area contributed by atoms with E-state index in [0.717, 1.165) is 32.2 Å². The second-order valence-corrected chi connectivity index (χ2v) is 6.54. The fraction of sp³-hybridized carbons (Fsp3) is 0.929. The summed E-state index contributed by atoms with van der Waals surface area (Å²) in [5.41, 5.74) is 0. The van der Waals surface area contributed by atoms with Crippen LogP contribution >= 0.6 is 12.4 Å². The number of hydrogen-bond donors (Lipinski definition) is 3. The number of nitrogens with zero attached hydrogens (tertiary/aromatic N) is 1. The van der Waals surface area contributed by atoms with Gasteiger partial charge >= 0.3 is 6.03 Å². The molecule has 0 aromatic rings. The van der Waals surface area contributed by atoms with Crippen LogP contribution in [0.1, 0.15) is 39.5 Å². The van der Waals surface area contributed by atoms with E-state index in [9.17, 15) is 9.90 Å². The van der Waals surface area contributed by atoms with Gasteiger partial charge < -0.3 is 20.6 Å². The number of amides is 2. The van der Waals surface area contributed by atoms with Gasteiger partial charge in [-0.3, -0.25) is 0 Å². The summed E-state index contributed by atoms with van der Waals surface area (Å²) < 4.78 is 0. The van der Waals surface area contributed by atoms with Crippen LogP contribution in [0.25, 0.3) is 0 Å². The lowest BCUT2D eigenvalue weighted by molar-refractivity contribution is 0.0274. The van der Waals surface area contributed by atoms with Crippen LogP contribution in [0.2, 0.25) is 0 Å². The van der Waals surface area contributed by atoms with Gasteiger partial charge in [0.15, 0.2) is 0 Å². The zero-order valence-electron chi connectivity index (χ0n) is 12.2. The molecular formula is C14H26ClN3O2. The van der Waals surface area contributed by atoms with Crippen molar-refractivity contribution in [1.29, 1.82) is 0 Å². The van der Waals surface area contributed by atoms with Crippen molar-refractivity contribution in [2.24, 2.45) is 5.92 Å². The monoisotopic (exact) mass is 303 g/mol. The third-order valence-corrected chi connectivity index (χ3v) is 4.91. The summed E-state index contributed by atoms with van der Waals surface area (Å²) in [5, 5.41) is 17.3. The molecule has 2 aliphatic heterocycles. The van der Waals surface area contributed by atoms with Crippen molar-refractivity contribution in [3.63, 3.8) is 0 Å². The van der Waals surface area contributed by atoms with Crippen LogP contribution in [0.15, 0.2) is 0 Å².